The van der Waals surface area contributed by atoms with Gasteiger partial charge in [-0.3, -0.25) is 9.59 Å². The molecule has 0 bridgehead atoms. The first-order valence-corrected chi connectivity index (χ1v) is 9.54. The van der Waals surface area contributed by atoms with Gasteiger partial charge in [-0.25, -0.2) is 0 Å². The molecule has 5 nitrogen and oxygen atoms in total. The van der Waals surface area contributed by atoms with Gasteiger partial charge >= 0.3 is 0 Å². The Morgan fingerprint density at radius 2 is 2.04 bits per heavy atom. The first-order chi connectivity index (χ1) is 11.3. The molecular weight excluding hydrogens is 324 g/mol. The number of hydrogen-bond donors (Lipinski definition) is 2. The van der Waals surface area contributed by atoms with Gasteiger partial charge in [-0.15, -0.1) is 0 Å². The molecule has 0 aromatic heterocycles. The van der Waals surface area contributed by atoms with E-state index in [2.05, 4.69) is 5.32 Å². The van der Waals surface area contributed by atoms with Crippen molar-refractivity contribution in [2.75, 3.05) is 25.6 Å². The number of carbonyl (C=O) groups is 2. The van der Waals surface area contributed by atoms with Crippen molar-refractivity contribution in [1.82, 2.24) is 10.2 Å². The largest absolute Gasteiger partial charge is 0.393 e. The van der Waals surface area contributed by atoms with E-state index in [-0.39, 0.29) is 11.8 Å². The van der Waals surface area contributed by atoms with Crippen molar-refractivity contribution in [2.45, 2.75) is 38.8 Å². The van der Waals surface area contributed by atoms with Crippen LogP contribution in [0.5, 0.6) is 0 Å². The highest BCUT2D eigenvalue weighted by molar-refractivity contribution is 7.98. The molecule has 2 atom stereocenters. The van der Waals surface area contributed by atoms with E-state index in [1.165, 1.54) is 0 Å². The van der Waals surface area contributed by atoms with Crippen LogP contribution in [0.4, 0.5) is 0 Å². The number of aliphatic hydroxyl groups excluding tert-OH is 1. The number of aryl methyl sites for hydroxylation is 1. The molecule has 6 heteroatoms. The summed E-state index contributed by atoms with van der Waals surface area (Å²) in [5.74, 6) is 0.433. The summed E-state index contributed by atoms with van der Waals surface area (Å²) >= 11 is 1.64. The molecule has 0 fully saturated rings. The van der Waals surface area contributed by atoms with E-state index in [4.69, 9.17) is 0 Å². The molecule has 0 aliphatic rings. The Hall–Kier alpha value is -1.53. The van der Waals surface area contributed by atoms with E-state index >= 15 is 0 Å². The number of likely N-dealkylation sites (N-methyl/N-ethyl adjacent to an activating group) is 1. The van der Waals surface area contributed by atoms with Gasteiger partial charge in [0, 0.05) is 19.2 Å². The minimum atomic E-state index is -0.551. The van der Waals surface area contributed by atoms with Gasteiger partial charge in [0.25, 0.3) is 5.91 Å². The van der Waals surface area contributed by atoms with Crippen molar-refractivity contribution >= 4 is 23.6 Å². The summed E-state index contributed by atoms with van der Waals surface area (Å²) in [5.41, 5.74) is 1.56. The average molecular weight is 353 g/mol. The Morgan fingerprint density at radius 3 is 2.62 bits per heavy atom. The Balaban J connectivity index is 2.76. The van der Waals surface area contributed by atoms with Gasteiger partial charge in [-0.05, 0) is 50.8 Å². The second-order valence-electron chi connectivity index (χ2n) is 6.07. The third kappa shape index (κ3) is 6.93. The molecule has 24 heavy (non-hydrogen) atoms. The van der Waals surface area contributed by atoms with Crippen LogP contribution in [0.25, 0.3) is 0 Å². The number of hydrogen-bond acceptors (Lipinski definition) is 4. The highest BCUT2D eigenvalue weighted by atomic mass is 32.2. The quantitative estimate of drug-likeness (QED) is 0.714. The van der Waals surface area contributed by atoms with Gasteiger partial charge in [0.05, 0.1) is 6.10 Å². The van der Waals surface area contributed by atoms with E-state index in [0.29, 0.717) is 24.9 Å². The van der Waals surface area contributed by atoms with Crippen LogP contribution in [-0.2, 0) is 4.79 Å². The molecule has 0 aliphatic heterocycles. The summed E-state index contributed by atoms with van der Waals surface area (Å²) in [4.78, 5) is 26.6. The second kappa shape index (κ2) is 10.4. The van der Waals surface area contributed by atoms with Crippen LogP contribution in [0, 0.1) is 6.92 Å². The van der Waals surface area contributed by atoms with Gasteiger partial charge < -0.3 is 15.3 Å². The topological polar surface area (TPSA) is 69.6 Å². The minimum Gasteiger partial charge on any atom is -0.393 e. The first-order valence-electron chi connectivity index (χ1n) is 8.14. The lowest BCUT2D eigenvalue weighted by Gasteiger charge is -2.25. The van der Waals surface area contributed by atoms with Crippen LogP contribution in [-0.4, -0.2) is 59.6 Å². The molecule has 0 aliphatic carbocycles. The average Bonchev–Trinajstić information content (AvgIpc) is 2.55. The third-order valence-electron chi connectivity index (χ3n) is 3.75. The first kappa shape index (κ1) is 20.5. The van der Waals surface area contributed by atoms with Gasteiger partial charge in [-0.1, -0.05) is 17.7 Å². The number of carbonyl (C=O) groups excluding carboxylic acids is 2. The molecule has 0 radical (unpaired) electrons. The Bertz CT molecular complexity index is 549. The number of thioether (sulfide) groups is 1. The molecule has 0 spiro atoms. The second-order valence-corrected chi connectivity index (χ2v) is 7.06. The van der Waals surface area contributed by atoms with Crippen molar-refractivity contribution in [3.05, 3.63) is 35.4 Å². The summed E-state index contributed by atoms with van der Waals surface area (Å²) in [6.45, 7) is 4.09. The van der Waals surface area contributed by atoms with Crippen LogP contribution in [0.1, 0.15) is 35.7 Å². The Kier molecular flexibility index (Phi) is 8.85. The van der Waals surface area contributed by atoms with Crippen molar-refractivity contribution in [2.24, 2.45) is 0 Å². The number of rotatable bonds is 9. The standard InChI is InChI=1S/C18H28N2O3S/c1-13-6-5-7-15(12-13)17(22)19-16(9-11-24-4)18(23)20(3)10-8-14(2)21/h5-7,12,14,16,21H,8-11H2,1-4H3,(H,19,22)/t14-,16+/m1/s1. The zero-order chi connectivity index (χ0) is 18.1. The fraction of sp³-hybridized carbons (Fsp3) is 0.556. The number of nitrogens with one attached hydrogen (secondary N) is 1. The van der Waals surface area contributed by atoms with Gasteiger partial charge in [0.2, 0.25) is 5.91 Å². The predicted octanol–water partition coefficient (Wildman–Crippen LogP) is 2.08. The molecule has 1 aromatic carbocycles. The lowest BCUT2D eigenvalue weighted by Crippen LogP contribution is -2.48. The fourth-order valence-corrected chi connectivity index (χ4v) is 2.75. The van der Waals surface area contributed by atoms with Crippen LogP contribution in [0.15, 0.2) is 24.3 Å². The maximum atomic E-state index is 12.6. The number of benzene rings is 1. The van der Waals surface area contributed by atoms with Crippen molar-refractivity contribution in [3.63, 3.8) is 0 Å². The number of amides is 2. The minimum absolute atomic E-state index is 0.120. The van der Waals surface area contributed by atoms with E-state index in [9.17, 15) is 14.7 Å². The highest BCUT2D eigenvalue weighted by Crippen LogP contribution is 2.08. The SMILES string of the molecule is CSCC[C@H](NC(=O)c1cccc(C)c1)C(=O)N(C)CC[C@@H](C)O. The summed E-state index contributed by atoms with van der Waals surface area (Å²) < 4.78 is 0. The summed E-state index contributed by atoms with van der Waals surface area (Å²) in [6, 6.07) is 6.76. The smallest absolute Gasteiger partial charge is 0.251 e. The van der Waals surface area contributed by atoms with Gasteiger partial charge in [-0.2, -0.15) is 11.8 Å². The molecular formula is C18H28N2O3S. The summed E-state index contributed by atoms with van der Waals surface area (Å²) in [5, 5.41) is 12.2. The van der Waals surface area contributed by atoms with Crippen molar-refractivity contribution in [3.8, 4) is 0 Å². The maximum Gasteiger partial charge on any atom is 0.251 e. The van der Waals surface area contributed by atoms with E-state index in [1.54, 1.807) is 36.7 Å². The predicted molar refractivity (Wildman–Crippen MR) is 99.4 cm³/mol. The lowest BCUT2D eigenvalue weighted by molar-refractivity contribution is -0.132. The van der Waals surface area contributed by atoms with Gasteiger partial charge in [0.1, 0.15) is 6.04 Å². The summed E-state index contributed by atoms with van der Waals surface area (Å²) in [6.07, 6.45) is 2.62. The number of aliphatic hydroxyl groups is 1. The van der Waals surface area contributed by atoms with E-state index < -0.39 is 12.1 Å². The van der Waals surface area contributed by atoms with E-state index in [1.807, 2.05) is 31.4 Å². The molecule has 2 amide bonds. The fourth-order valence-electron chi connectivity index (χ4n) is 2.28. The van der Waals surface area contributed by atoms with Crippen LogP contribution >= 0.6 is 11.8 Å². The highest BCUT2D eigenvalue weighted by Gasteiger charge is 2.24. The molecule has 1 aromatic rings. The third-order valence-corrected chi connectivity index (χ3v) is 4.40. The molecule has 2 N–H and O–H groups in total. The molecule has 1 rings (SSSR count). The molecule has 0 saturated heterocycles. The van der Waals surface area contributed by atoms with Crippen LogP contribution in [0.2, 0.25) is 0 Å². The van der Waals surface area contributed by atoms with Crippen LogP contribution in [0.3, 0.4) is 0 Å². The van der Waals surface area contributed by atoms with E-state index in [0.717, 1.165) is 11.3 Å². The molecule has 0 heterocycles. The summed E-state index contributed by atoms with van der Waals surface area (Å²) in [7, 11) is 1.70. The lowest BCUT2D eigenvalue weighted by atomic mass is 10.1. The maximum absolute atomic E-state index is 12.6. The molecule has 0 unspecified atom stereocenters. The van der Waals surface area contributed by atoms with Crippen molar-refractivity contribution < 1.29 is 14.7 Å². The Labute approximate surface area is 148 Å². The van der Waals surface area contributed by atoms with Crippen LogP contribution < -0.4 is 5.32 Å². The number of nitrogens with zero attached hydrogens (tertiary/aromatic N) is 1. The zero-order valence-corrected chi connectivity index (χ0v) is 15.7. The van der Waals surface area contributed by atoms with Gasteiger partial charge in [0.15, 0.2) is 0 Å². The molecule has 0 saturated carbocycles. The van der Waals surface area contributed by atoms with Crippen molar-refractivity contribution in [1.29, 1.82) is 0 Å². The monoisotopic (exact) mass is 352 g/mol. The molecule has 134 valence electrons. The zero-order valence-electron chi connectivity index (χ0n) is 14.9. The Morgan fingerprint density at radius 1 is 1.33 bits per heavy atom. The normalized spacial score (nSPS) is 13.2.